The van der Waals surface area contributed by atoms with Crippen LogP contribution in [0.5, 0.6) is 5.75 Å². The molecule has 0 amide bonds. The van der Waals surface area contributed by atoms with Crippen LogP contribution in [0.2, 0.25) is 0 Å². The van der Waals surface area contributed by atoms with Gasteiger partial charge in [0.2, 0.25) is 0 Å². The van der Waals surface area contributed by atoms with Gasteiger partial charge >= 0.3 is 5.97 Å². The van der Waals surface area contributed by atoms with Gasteiger partial charge in [-0.3, -0.25) is 0 Å². The van der Waals surface area contributed by atoms with Gasteiger partial charge in [0, 0.05) is 5.56 Å². The molecular formula is C28H36O3. The maximum absolute atomic E-state index is 11.8. The Hall–Kier alpha value is -2.55. The van der Waals surface area contributed by atoms with Crippen LogP contribution in [-0.4, -0.2) is 19.7 Å². The summed E-state index contributed by atoms with van der Waals surface area (Å²) in [6, 6.07) is 12.0. The number of unbranched alkanes of at least 4 members (excludes halogenated alkanes) is 1. The molecule has 1 aliphatic carbocycles. The third-order valence-corrected chi connectivity index (χ3v) is 6.69. The molecule has 0 radical (unpaired) electrons. The Labute approximate surface area is 187 Å². The lowest BCUT2D eigenvalue weighted by Gasteiger charge is -2.42. The van der Waals surface area contributed by atoms with Crippen LogP contribution in [0.1, 0.15) is 92.9 Å². The summed E-state index contributed by atoms with van der Waals surface area (Å²) in [6.45, 7) is 16.6. The van der Waals surface area contributed by atoms with Crippen LogP contribution in [0.3, 0.4) is 0 Å². The van der Waals surface area contributed by atoms with Crippen LogP contribution in [0.4, 0.5) is 0 Å². The highest BCUT2D eigenvalue weighted by molar-refractivity contribution is 5.90. The predicted molar refractivity (Wildman–Crippen MR) is 128 cm³/mol. The smallest absolute Gasteiger partial charge is 0.337 e. The largest absolute Gasteiger partial charge is 0.493 e. The summed E-state index contributed by atoms with van der Waals surface area (Å²) in [7, 11) is 1.39. The first-order valence-electron chi connectivity index (χ1n) is 11.3. The van der Waals surface area contributed by atoms with Crippen molar-refractivity contribution in [1.82, 2.24) is 0 Å². The zero-order valence-corrected chi connectivity index (χ0v) is 19.9. The number of fused-ring (bicyclic) bond motifs is 1. The average molecular weight is 421 g/mol. The summed E-state index contributed by atoms with van der Waals surface area (Å²) in [5, 5.41) is 0. The molecule has 0 saturated heterocycles. The molecule has 0 aliphatic heterocycles. The zero-order valence-electron chi connectivity index (χ0n) is 19.9. The lowest BCUT2D eigenvalue weighted by molar-refractivity contribution is 0.0600. The summed E-state index contributed by atoms with van der Waals surface area (Å²) in [4.78, 5) is 11.8. The monoisotopic (exact) mass is 420 g/mol. The molecule has 0 N–H and O–H groups in total. The first-order valence-corrected chi connectivity index (χ1v) is 11.3. The van der Waals surface area contributed by atoms with Gasteiger partial charge in [0.1, 0.15) is 5.75 Å². The zero-order chi connectivity index (χ0) is 22.8. The number of hydrogen-bond acceptors (Lipinski definition) is 3. The minimum atomic E-state index is -0.335. The molecule has 3 heteroatoms. The van der Waals surface area contributed by atoms with Gasteiger partial charge in [-0.15, -0.1) is 0 Å². The van der Waals surface area contributed by atoms with Crippen molar-refractivity contribution in [3.05, 3.63) is 70.8 Å². The number of carbonyl (C=O) groups is 1. The Balaban J connectivity index is 2.08. The Morgan fingerprint density at radius 3 is 2.06 bits per heavy atom. The van der Waals surface area contributed by atoms with Gasteiger partial charge < -0.3 is 9.47 Å². The number of rotatable bonds is 7. The first kappa shape index (κ1) is 23.1. The molecule has 0 heterocycles. The average Bonchev–Trinajstić information content (AvgIpc) is 2.76. The second-order valence-corrected chi connectivity index (χ2v) is 9.91. The number of hydrogen-bond donors (Lipinski definition) is 0. The van der Waals surface area contributed by atoms with Crippen molar-refractivity contribution in [2.24, 2.45) is 0 Å². The second kappa shape index (κ2) is 8.90. The van der Waals surface area contributed by atoms with E-state index in [-0.39, 0.29) is 16.8 Å². The van der Waals surface area contributed by atoms with Gasteiger partial charge in [-0.05, 0) is 76.6 Å². The van der Waals surface area contributed by atoms with Gasteiger partial charge in [0.25, 0.3) is 0 Å². The van der Waals surface area contributed by atoms with Gasteiger partial charge in [0.15, 0.2) is 0 Å². The highest BCUT2D eigenvalue weighted by Crippen LogP contribution is 2.48. The van der Waals surface area contributed by atoms with E-state index < -0.39 is 0 Å². The molecule has 2 aromatic carbocycles. The van der Waals surface area contributed by atoms with Gasteiger partial charge in [0.05, 0.1) is 19.3 Å². The number of ether oxygens (including phenoxy) is 2. The number of benzene rings is 2. The van der Waals surface area contributed by atoms with Gasteiger partial charge in [-0.2, -0.15) is 0 Å². The number of methoxy groups -OCH3 is 1. The summed E-state index contributed by atoms with van der Waals surface area (Å²) in [6.07, 6.45) is 4.43. The third kappa shape index (κ3) is 4.71. The molecule has 166 valence electrons. The van der Waals surface area contributed by atoms with Crippen LogP contribution >= 0.6 is 0 Å². The molecule has 1 aliphatic rings. The molecule has 31 heavy (non-hydrogen) atoms. The predicted octanol–water partition coefficient (Wildman–Crippen LogP) is 7.06. The fourth-order valence-electron chi connectivity index (χ4n) is 4.36. The third-order valence-electron chi connectivity index (χ3n) is 6.69. The van der Waals surface area contributed by atoms with E-state index in [1.165, 1.54) is 18.2 Å². The number of esters is 1. The highest BCUT2D eigenvalue weighted by atomic mass is 16.5. The van der Waals surface area contributed by atoms with E-state index in [0.717, 1.165) is 48.1 Å². The van der Waals surface area contributed by atoms with Crippen molar-refractivity contribution in [1.29, 1.82) is 0 Å². The fraction of sp³-hybridized carbons (Fsp3) is 0.464. The Morgan fingerprint density at radius 1 is 0.968 bits per heavy atom. The van der Waals surface area contributed by atoms with Crippen LogP contribution in [0.25, 0.3) is 5.57 Å². The maximum Gasteiger partial charge on any atom is 0.337 e. The van der Waals surface area contributed by atoms with E-state index in [9.17, 15) is 4.79 Å². The molecule has 3 nitrogen and oxygen atoms in total. The molecule has 0 unspecified atom stereocenters. The Morgan fingerprint density at radius 2 is 1.52 bits per heavy atom. The summed E-state index contributed by atoms with van der Waals surface area (Å²) in [5.74, 6) is 0.568. The van der Waals surface area contributed by atoms with E-state index in [1.807, 2.05) is 12.1 Å². The molecule has 0 spiro atoms. The SMILES string of the molecule is C=C(c1ccc(C(=O)OC)cc1)c1cc2c(cc1OCCCC)C(C)(C)CCC2(C)C. The molecule has 0 aromatic heterocycles. The summed E-state index contributed by atoms with van der Waals surface area (Å²) < 4.78 is 11.1. The molecule has 0 fully saturated rings. The van der Waals surface area contributed by atoms with Crippen LogP contribution in [0.15, 0.2) is 43.0 Å². The molecule has 3 rings (SSSR count). The Kier molecular flexibility index (Phi) is 6.64. The standard InChI is InChI=1S/C28H36O3/c1-8-9-16-31-25-18-24-23(27(3,4)14-15-28(24,5)6)17-22(25)19(2)20-10-12-21(13-11-20)26(29)30-7/h10-13,17-18H,2,8-9,14-16H2,1,3-7H3. The van der Waals surface area contributed by atoms with Gasteiger partial charge in [-0.1, -0.05) is 59.8 Å². The van der Waals surface area contributed by atoms with E-state index in [4.69, 9.17) is 9.47 Å². The quantitative estimate of drug-likeness (QED) is 0.355. The fourth-order valence-corrected chi connectivity index (χ4v) is 4.36. The van der Waals surface area contributed by atoms with Crippen LogP contribution < -0.4 is 4.74 Å². The maximum atomic E-state index is 11.8. The molecule has 0 atom stereocenters. The van der Waals surface area contributed by atoms with Crippen molar-refractivity contribution < 1.29 is 14.3 Å². The highest BCUT2D eigenvalue weighted by Gasteiger charge is 2.38. The van der Waals surface area contributed by atoms with Crippen molar-refractivity contribution >= 4 is 11.5 Å². The molecular weight excluding hydrogens is 384 g/mol. The van der Waals surface area contributed by atoms with Crippen molar-refractivity contribution in [3.63, 3.8) is 0 Å². The summed E-state index contributed by atoms with van der Waals surface area (Å²) >= 11 is 0. The van der Waals surface area contributed by atoms with E-state index in [1.54, 1.807) is 12.1 Å². The van der Waals surface area contributed by atoms with Crippen molar-refractivity contribution in [3.8, 4) is 5.75 Å². The summed E-state index contributed by atoms with van der Waals surface area (Å²) in [5.41, 5.74) is 6.44. The normalized spacial score (nSPS) is 16.3. The minimum absolute atomic E-state index is 0.108. The Bertz CT molecular complexity index is 964. The topological polar surface area (TPSA) is 35.5 Å². The molecule has 2 aromatic rings. The van der Waals surface area contributed by atoms with Crippen LogP contribution in [-0.2, 0) is 15.6 Å². The number of carbonyl (C=O) groups excluding carboxylic acids is 1. The lowest BCUT2D eigenvalue weighted by atomic mass is 9.62. The second-order valence-electron chi connectivity index (χ2n) is 9.91. The van der Waals surface area contributed by atoms with Crippen molar-refractivity contribution in [2.75, 3.05) is 13.7 Å². The van der Waals surface area contributed by atoms with E-state index in [0.29, 0.717) is 12.2 Å². The molecule has 0 bridgehead atoms. The van der Waals surface area contributed by atoms with Crippen LogP contribution in [0, 0.1) is 0 Å². The first-order chi connectivity index (χ1) is 14.6. The van der Waals surface area contributed by atoms with E-state index in [2.05, 4.69) is 53.3 Å². The van der Waals surface area contributed by atoms with Crippen molar-refractivity contribution in [2.45, 2.75) is 71.1 Å². The van der Waals surface area contributed by atoms with E-state index >= 15 is 0 Å². The molecule has 0 saturated carbocycles. The minimum Gasteiger partial charge on any atom is -0.493 e. The van der Waals surface area contributed by atoms with Gasteiger partial charge in [-0.25, -0.2) is 4.79 Å². The lowest BCUT2D eigenvalue weighted by Crippen LogP contribution is -2.34.